The van der Waals surface area contributed by atoms with Crippen molar-refractivity contribution in [3.63, 3.8) is 0 Å². The van der Waals surface area contributed by atoms with Crippen LogP contribution in [0.3, 0.4) is 0 Å². The van der Waals surface area contributed by atoms with Gasteiger partial charge in [0.05, 0.1) is 19.3 Å². The number of nitrogens with two attached hydrogens (primary N) is 1. The summed E-state index contributed by atoms with van der Waals surface area (Å²) < 4.78 is 10.2. The van der Waals surface area contributed by atoms with E-state index < -0.39 is 5.91 Å². The van der Waals surface area contributed by atoms with Gasteiger partial charge < -0.3 is 21.1 Å². The number of hydrogen-bond acceptors (Lipinski definition) is 6. The number of aryl methyl sites for hydroxylation is 2. The Morgan fingerprint density at radius 2 is 1.85 bits per heavy atom. The minimum absolute atomic E-state index is 0.0130. The summed E-state index contributed by atoms with van der Waals surface area (Å²) in [4.78, 5) is 33.3. The maximum atomic E-state index is 12.8. The van der Waals surface area contributed by atoms with Crippen molar-refractivity contribution < 1.29 is 18.9 Å². The van der Waals surface area contributed by atoms with Crippen LogP contribution in [0.25, 0.3) is 11.0 Å². The summed E-state index contributed by atoms with van der Waals surface area (Å²) >= 11 is 5.91. The molecule has 0 unspecified atom stereocenters. The number of rotatable bonds is 12. The van der Waals surface area contributed by atoms with Gasteiger partial charge in [-0.15, -0.1) is 0 Å². The smallest absolute Gasteiger partial charge is 0.277 e. The molecule has 0 atom stereocenters. The van der Waals surface area contributed by atoms with E-state index in [4.69, 9.17) is 22.1 Å². The minimum atomic E-state index is -0.458. The lowest BCUT2D eigenvalue weighted by atomic mass is 10.2. The van der Waals surface area contributed by atoms with Gasteiger partial charge in [0.2, 0.25) is 0 Å². The van der Waals surface area contributed by atoms with Crippen LogP contribution in [0.1, 0.15) is 42.1 Å². The quantitative estimate of drug-likeness (QED) is 0.170. The Labute approximate surface area is 246 Å². The lowest BCUT2D eigenvalue weighted by Gasteiger charge is -2.09. The number of ether oxygens (including phenoxy) is 1. The number of carbonyl (C=O) groups is 2. The number of fused-ring (bicyclic) bond motifs is 1. The van der Waals surface area contributed by atoms with Crippen LogP contribution in [0.15, 0.2) is 48.7 Å². The molecule has 4 N–H and O–H groups in total. The van der Waals surface area contributed by atoms with E-state index in [9.17, 15) is 9.59 Å². The molecule has 0 spiro atoms. The summed E-state index contributed by atoms with van der Waals surface area (Å²) in [7, 11) is -0.141. The molecule has 2 amide bonds. The van der Waals surface area contributed by atoms with Gasteiger partial charge in [-0.05, 0) is 49.7 Å². The topological polar surface area (TPSA) is 128 Å². The molecule has 0 fully saturated rings. The van der Waals surface area contributed by atoms with Gasteiger partial charge in [0, 0.05) is 12.6 Å². The number of carbonyl (C=O) groups excluding carboxylic acids is 2. The van der Waals surface area contributed by atoms with Gasteiger partial charge in [0.25, 0.3) is 17.6 Å². The molecule has 2 aromatic carbocycles. The molecule has 0 aliphatic heterocycles. The van der Waals surface area contributed by atoms with Crippen LogP contribution in [0.2, 0.25) is 5.15 Å². The molecule has 2 heterocycles. The summed E-state index contributed by atoms with van der Waals surface area (Å²) in [6.07, 6.45) is 2.18. The summed E-state index contributed by atoms with van der Waals surface area (Å²) in [6, 6.07) is 14.1. The maximum absolute atomic E-state index is 12.8. The fraction of sp³-hybridized carbons (Fsp3) is 0.345. The number of nitrogen functional groups attached to an aromatic ring is 1. The van der Waals surface area contributed by atoms with E-state index in [0.29, 0.717) is 18.8 Å². The van der Waals surface area contributed by atoms with Gasteiger partial charge in [0.15, 0.2) is 29.2 Å². The van der Waals surface area contributed by atoms with E-state index in [-0.39, 0.29) is 43.6 Å². The SMILES string of the molecule is CCCn1c(CNC(=O)c2nc(Cl)cnc2N)[n+](CC)c2ccc(OCC(=O)NCc3ccc(P(C)C)cc3)cc21. The summed E-state index contributed by atoms with van der Waals surface area (Å²) in [5.41, 5.74) is 8.82. The fourth-order valence-corrected chi connectivity index (χ4v) is 5.46. The highest BCUT2D eigenvalue weighted by Crippen LogP contribution is 2.24. The molecule has 0 saturated carbocycles. The summed E-state index contributed by atoms with van der Waals surface area (Å²) in [5, 5.41) is 7.25. The van der Waals surface area contributed by atoms with Crippen molar-refractivity contribution >= 4 is 53.5 Å². The third-order valence-corrected chi connectivity index (χ3v) is 8.13. The van der Waals surface area contributed by atoms with Crippen molar-refractivity contribution in [3.8, 4) is 5.75 Å². The first-order valence-corrected chi connectivity index (χ1v) is 16.1. The molecule has 4 aromatic rings. The van der Waals surface area contributed by atoms with Crippen molar-refractivity contribution in [2.24, 2.45) is 0 Å². The third kappa shape index (κ3) is 7.31. The first kappa shape index (κ1) is 30.2. The fourth-order valence-electron chi connectivity index (χ4n) is 4.58. The second-order valence-electron chi connectivity index (χ2n) is 9.70. The standard InChI is InChI=1S/C29H35ClN7O3P/c1-5-13-37-23-14-20(40-18-25(38)32-15-19-7-10-21(11-8-19)41(3)4)9-12-22(23)36(6-2)26(37)17-34-29(39)27-28(31)33-16-24(30)35-27/h7-12,14,16H,5-6,13,15,17-18H2,1-4H3,(H3-,31,32,33,34,38,39)/p+1. The first-order chi connectivity index (χ1) is 19.7. The van der Waals surface area contributed by atoms with E-state index in [1.165, 1.54) is 11.5 Å². The Hall–Kier alpha value is -3.75. The average Bonchev–Trinajstić information content (AvgIpc) is 3.26. The zero-order valence-corrected chi connectivity index (χ0v) is 25.4. The van der Waals surface area contributed by atoms with Crippen molar-refractivity contribution in [2.75, 3.05) is 25.7 Å². The monoisotopic (exact) mass is 596 g/mol. The Morgan fingerprint density at radius 1 is 1.10 bits per heavy atom. The lowest BCUT2D eigenvalue weighted by Crippen LogP contribution is -2.40. The van der Waals surface area contributed by atoms with E-state index in [1.54, 1.807) is 0 Å². The highest BCUT2D eigenvalue weighted by Gasteiger charge is 2.25. The number of imidazole rings is 1. The van der Waals surface area contributed by atoms with Gasteiger partial charge in [-0.25, -0.2) is 19.1 Å². The highest BCUT2D eigenvalue weighted by molar-refractivity contribution is 7.64. The maximum Gasteiger partial charge on any atom is 0.277 e. The van der Waals surface area contributed by atoms with E-state index in [0.717, 1.165) is 35.4 Å². The predicted molar refractivity (Wildman–Crippen MR) is 163 cm³/mol. The van der Waals surface area contributed by atoms with Crippen LogP contribution < -0.4 is 31.0 Å². The highest BCUT2D eigenvalue weighted by atomic mass is 35.5. The Balaban J connectivity index is 1.46. The Kier molecular flexibility index (Phi) is 10.1. The Morgan fingerprint density at radius 3 is 2.54 bits per heavy atom. The van der Waals surface area contributed by atoms with Crippen molar-refractivity contribution in [1.82, 2.24) is 25.2 Å². The predicted octanol–water partition coefficient (Wildman–Crippen LogP) is 3.38. The van der Waals surface area contributed by atoms with E-state index >= 15 is 0 Å². The van der Waals surface area contributed by atoms with Crippen molar-refractivity contribution in [2.45, 2.75) is 46.4 Å². The van der Waals surface area contributed by atoms with Gasteiger partial charge in [-0.2, -0.15) is 0 Å². The molecule has 0 aliphatic carbocycles. The normalized spacial score (nSPS) is 11.2. The molecule has 2 aromatic heterocycles. The first-order valence-electron chi connectivity index (χ1n) is 13.5. The van der Waals surface area contributed by atoms with Crippen LogP contribution in [-0.4, -0.2) is 46.3 Å². The molecule has 10 nitrogen and oxygen atoms in total. The number of hydrogen-bond donors (Lipinski definition) is 3. The minimum Gasteiger partial charge on any atom is -0.484 e. The number of nitrogens with one attached hydrogen (secondary N) is 2. The van der Waals surface area contributed by atoms with Crippen LogP contribution in [0, 0.1) is 0 Å². The van der Waals surface area contributed by atoms with Crippen molar-refractivity contribution in [3.05, 3.63) is 70.9 Å². The molecule has 0 saturated heterocycles. The van der Waals surface area contributed by atoms with Crippen LogP contribution in [0.4, 0.5) is 5.82 Å². The average molecular weight is 597 g/mol. The Bertz CT molecular complexity index is 1540. The van der Waals surface area contributed by atoms with Gasteiger partial charge in [0.1, 0.15) is 17.4 Å². The summed E-state index contributed by atoms with van der Waals surface area (Å²) in [6.45, 7) is 10.6. The summed E-state index contributed by atoms with van der Waals surface area (Å²) in [5.74, 6) is 0.861. The van der Waals surface area contributed by atoms with E-state index in [2.05, 4.69) is 74.3 Å². The van der Waals surface area contributed by atoms with Crippen LogP contribution in [-0.2, 0) is 31.0 Å². The van der Waals surface area contributed by atoms with Gasteiger partial charge in [-0.3, -0.25) is 9.59 Å². The number of aromatic nitrogens is 4. The molecule has 216 valence electrons. The van der Waals surface area contributed by atoms with Gasteiger partial charge >= 0.3 is 0 Å². The van der Waals surface area contributed by atoms with E-state index in [1.807, 2.05) is 25.1 Å². The zero-order valence-electron chi connectivity index (χ0n) is 23.8. The second-order valence-corrected chi connectivity index (χ2v) is 12.4. The molecule has 0 aliphatic rings. The van der Waals surface area contributed by atoms with Crippen LogP contribution >= 0.6 is 19.5 Å². The molecule has 41 heavy (non-hydrogen) atoms. The molecular formula is C29H36ClN7O3P+. The van der Waals surface area contributed by atoms with Crippen LogP contribution in [0.5, 0.6) is 5.75 Å². The third-order valence-electron chi connectivity index (χ3n) is 6.62. The number of amides is 2. The van der Waals surface area contributed by atoms with Gasteiger partial charge in [-0.1, -0.05) is 50.7 Å². The lowest BCUT2D eigenvalue weighted by molar-refractivity contribution is -0.676. The number of benzene rings is 2. The molecule has 0 radical (unpaired) electrons. The number of nitrogens with zero attached hydrogens (tertiary/aromatic N) is 4. The second kappa shape index (κ2) is 13.7. The molecular weight excluding hydrogens is 561 g/mol. The molecule has 12 heteroatoms. The molecule has 0 bridgehead atoms. The zero-order chi connectivity index (χ0) is 29.5. The number of anilines is 1. The molecule has 4 rings (SSSR count). The number of halogens is 1. The van der Waals surface area contributed by atoms with Crippen molar-refractivity contribution in [1.29, 1.82) is 0 Å². The largest absolute Gasteiger partial charge is 0.484 e.